The number of rotatable bonds is 6. The second-order valence-corrected chi connectivity index (χ2v) is 4.84. The molecule has 1 aromatic rings. The zero-order valence-corrected chi connectivity index (χ0v) is 11.8. The quantitative estimate of drug-likeness (QED) is 0.854. The first-order valence-corrected chi connectivity index (χ1v) is 6.51. The molecule has 0 aliphatic rings. The number of amides is 1. The Kier molecular flexibility index (Phi) is 6.04. The molecule has 0 fully saturated rings. The molecule has 1 rings (SSSR count). The van der Waals surface area contributed by atoms with E-state index in [9.17, 15) is 4.79 Å². The van der Waals surface area contributed by atoms with Crippen LogP contribution in [0.2, 0.25) is 0 Å². The highest BCUT2D eigenvalue weighted by atomic mass is 16.2. The van der Waals surface area contributed by atoms with Crippen LogP contribution in [-0.2, 0) is 4.79 Å². The van der Waals surface area contributed by atoms with Gasteiger partial charge in [0.25, 0.3) is 0 Å². The molecule has 1 N–H and O–H groups in total. The average molecular weight is 259 g/mol. The van der Waals surface area contributed by atoms with E-state index in [1.165, 1.54) is 0 Å². The van der Waals surface area contributed by atoms with Crippen LogP contribution in [0, 0.1) is 18.3 Å². The van der Waals surface area contributed by atoms with Crippen molar-refractivity contribution in [2.24, 2.45) is 0 Å². The molecule has 102 valence electrons. The summed E-state index contributed by atoms with van der Waals surface area (Å²) >= 11 is 0. The maximum absolute atomic E-state index is 12.0. The van der Waals surface area contributed by atoms with Crippen LogP contribution in [0.5, 0.6) is 0 Å². The van der Waals surface area contributed by atoms with Gasteiger partial charge in [0.05, 0.1) is 12.6 Å². The molecule has 0 spiro atoms. The number of anilines is 1. The third kappa shape index (κ3) is 5.11. The molecule has 0 saturated heterocycles. The molecule has 0 radical (unpaired) electrons. The number of hydrogen-bond donors (Lipinski definition) is 1. The number of benzene rings is 1. The van der Waals surface area contributed by atoms with Gasteiger partial charge in [0.15, 0.2) is 0 Å². The van der Waals surface area contributed by atoms with Gasteiger partial charge in [0.1, 0.15) is 0 Å². The van der Waals surface area contributed by atoms with Crippen molar-refractivity contribution in [1.82, 2.24) is 4.90 Å². The molecule has 0 unspecified atom stereocenters. The van der Waals surface area contributed by atoms with Crippen LogP contribution in [0.1, 0.15) is 25.8 Å². The van der Waals surface area contributed by atoms with Gasteiger partial charge in [0.2, 0.25) is 5.91 Å². The van der Waals surface area contributed by atoms with Gasteiger partial charge in [-0.05, 0) is 32.4 Å². The summed E-state index contributed by atoms with van der Waals surface area (Å²) in [5, 5.41) is 11.5. The second-order valence-electron chi connectivity index (χ2n) is 4.84. The molecular weight excluding hydrogens is 238 g/mol. The fourth-order valence-electron chi connectivity index (χ4n) is 1.80. The number of nitrogens with zero attached hydrogens (tertiary/aromatic N) is 2. The van der Waals surface area contributed by atoms with Crippen LogP contribution in [-0.4, -0.2) is 29.9 Å². The lowest BCUT2D eigenvalue weighted by molar-refractivity contribution is -0.117. The predicted octanol–water partition coefficient (Wildman–Crippen LogP) is 2.56. The van der Waals surface area contributed by atoms with E-state index in [0.29, 0.717) is 19.5 Å². The molecule has 4 heteroatoms. The highest BCUT2D eigenvalue weighted by Crippen LogP contribution is 2.13. The molecule has 0 aliphatic heterocycles. The van der Waals surface area contributed by atoms with Gasteiger partial charge in [-0.2, -0.15) is 5.26 Å². The minimum Gasteiger partial charge on any atom is -0.325 e. The van der Waals surface area contributed by atoms with Crippen LogP contribution in [0.25, 0.3) is 0 Å². The van der Waals surface area contributed by atoms with Crippen molar-refractivity contribution < 1.29 is 4.79 Å². The highest BCUT2D eigenvalue weighted by Gasteiger charge is 2.14. The van der Waals surface area contributed by atoms with Gasteiger partial charge in [-0.3, -0.25) is 9.69 Å². The van der Waals surface area contributed by atoms with Crippen molar-refractivity contribution in [3.63, 3.8) is 0 Å². The number of para-hydroxylation sites is 1. The Hall–Kier alpha value is -1.86. The fraction of sp³-hybridized carbons (Fsp3) is 0.467. The van der Waals surface area contributed by atoms with Gasteiger partial charge in [0, 0.05) is 24.7 Å². The smallest absolute Gasteiger partial charge is 0.238 e. The molecular formula is C15H21N3O. The maximum Gasteiger partial charge on any atom is 0.238 e. The molecule has 1 aromatic carbocycles. The summed E-state index contributed by atoms with van der Waals surface area (Å²) in [5.74, 6) is -0.0408. The summed E-state index contributed by atoms with van der Waals surface area (Å²) in [7, 11) is 0. The van der Waals surface area contributed by atoms with Crippen LogP contribution >= 0.6 is 0 Å². The summed E-state index contributed by atoms with van der Waals surface area (Å²) in [5.41, 5.74) is 1.89. The van der Waals surface area contributed by atoms with Crippen LogP contribution in [0.4, 0.5) is 5.69 Å². The van der Waals surface area contributed by atoms with E-state index in [2.05, 4.69) is 11.4 Å². The maximum atomic E-state index is 12.0. The summed E-state index contributed by atoms with van der Waals surface area (Å²) in [6.45, 7) is 6.95. The first-order valence-electron chi connectivity index (χ1n) is 6.51. The number of carbonyl (C=O) groups excluding carboxylic acids is 1. The third-order valence-corrected chi connectivity index (χ3v) is 3.01. The molecule has 0 heterocycles. The summed E-state index contributed by atoms with van der Waals surface area (Å²) < 4.78 is 0. The molecule has 0 saturated carbocycles. The van der Waals surface area contributed by atoms with Crippen LogP contribution < -0.4 is 5.32 Å². The van der Waals surface area contributed by atoms with E-state index in [1.54, 1.807) is 0 Å². The molecule has 0 bridgehead atoms. The number of nitrogens with one attached hydrogen (secondary N) is 1. The van der Waals surface area contributed by atoms with E-state index >= 15 is 0 Å². The van der Waals surface area contributed by atoms with Crippen molar-refractivity contribution in [2.75, 3.05) is 18.4 Å². The summed E-state index contributed by atoms with van der Waals surface area (Å²) in [6.07, 6.45) is 0.440. The number of carbonyl (C=O) groups is 1. The summed E-state index contributed by atoms with van der Waals surface area (Å²) in [6, 6.07) is 10.1. The predicted molar refractivity (Wildman–Crippen MR) is 76.7 cm³/mol. The van der Waals surface area contributed by atoms with Gasteiger partial charge < -0.3 is 5.32 Å². The van der Waals surface area contributed by atoms with E-state index < -0.39 is 0 Å². The Balaban J connectivity index is 2.58. The summed E-state index contributed by atoms with van der Waals surface area (Å²) in [4.78, 5) is 14.0. The lowest BCUT2D eigenvalue weighted by Crippen LogP contribution is -2.38. The lowest BCUT2D eigenvalue weighted by Gasteiger charge is -2.24. The largest absolute Gasteiger partial charge is 0.325 e. The first kappa shape index (κ1) is 15.2. The van der Waals surface area contributed by atoms with Crippen molar-refractivity contribution >= 4 is 11.6 Å². The average Bonchev–Trinajstić information content (AvgIpc) is 2.37. The number of aryl methyl sites for hydroxylation is 1. The van der Waals surface area contributed by atoms with Crippen molar-refractivity contribution in [3.05, 3.63) is 29.8 Å². The second kappa shape index (κ2) is 7.55. The van der Waals surface area contributed by atoms with Gasteiger partial charge >= 0.3 is 0 Å². The van der Waals surface area contributed by atoms with E-state index in [0.717, 1.165) is 11.3 Å². The Bertz CT molecular complexity index is 463. The molecule has 4 nitrogen and oxygen atoms in total. The Morgan fingerprint density at radius 1 is 1.42 bits per heavy atom. The van der Waals surface area contributed by atoms with Gasteiger partial charge in [-0.15, -0.1) is 0 Å². The minimum atomic E-state index is -0.0408. The minimum absolute atomic E-state index is 0.0408. The Labute approximate surface area is 115 Å². The molecule has 0 atom stereocenters. The first-order chi connectivity index (χ1) is 9.04. The monoisotopic (exact) mass is 259 g/mol. The SMILES string of the molecule is Cc1ccccc1NC(=O)CN(CCC#N)C(C)C. The number of hydrogen-bond acceptors (Lipinski definition) is 3. The van der Waals surface area contributed by atoms with Crippen LogP contribution in [0.15, 0.2) is 24.3 Å². The molecule has 1 amide bonds. The van der Waals surface area contributed by atoms with Crippen molar-refractivity contribution in [3.8, 4) is 6.07 Å². The molecule has 0 aromatic heterocycles. The highest BCUT2D eigenvalue weighted by molar-refractivity contribution is 5.92. The van der Waals surface area contributed by atoms with Crippen molar-refractivity contribution in [1.29, 1.82) is 5.26 Å². The topological polar surface area (TPSA) is 56.1 Å². The van der Waals surface area contributed by atoms with Crippen LogP contribution in [0.3, 0.4) is 0 Å². The van der Waals surface area contributed by atoms with Crippen molar-refractivity contribution in [2.45, 2.75) is 33.2 Å². The third-order valence-electron chi connectivity index (χ3n) is 3.01. The molecule has 0 aliphatic carbocycles. The van der Waals surface area contributed by atoms with Gasteiger partial charge in [-0.1, -0.05) is 18.2 Å². The number of nitriles is 1. The van der Waals surface area contributed by atoms with E-state index in [4.69, 9.17) is 5.26 Å². The fourth-order valence-corrected chi connectivity index (χ4v) is 1.80. The van der Waals surface area contributed by atoms with E-state index in [-0.39, 0.29) is 11.9 Å². The molecule has 19 heavy (non-hydrogen) atoms. The van der Waals surface area contributed by atoms with E-state index in [1.807, 2.05) is 49.9 Å². The zero-order chi connectivity index (χ0) is 14.3. The standard InChI is InChI=1S/C15H21N3O/c1-12(2)18(10-6-9-16)11-15(19)17-14-8-5-4-7-13(14)3/h4-5,7-8,12H,6,10-11H2,1-3H3,(H,17,19). The zero-order valence-electron chi connectivity index (χ0n) is 11.8. The van der Waals surface area contributed by atoms with Gasteiger partial charge in [-0.25, -0.2) is 0 Å². The normalized spacial score (nSPS) is 10.5. The lowest BCUT2D eigenvalue weighted by atomic mass is 10.2. The Morgan fingerprint density at radius 2 is 2.11 bits per heavy atom. The Morgan fingerprint density at radius 3 is 2.68 bits per heavy atom.